The van der Waals surface area contributed by atoms with Gasteiger partial charge in [0.05, 0.1) is 20.0 Å². The lowest BCUT2D eigenvalue weighted by Crippen LogP contribution is -2.17. The smallest absolute Gasteiger partial charge is 0.389 e. The van der Waals surface area contributed by atoms with E-state index in [-0.39, 0.29) is 11.3 Å². The van der Waals surface area contributed by atoms with Crippen molar-refractivity contribution in [2.45, 2.75) is 24.9 Å². The number of rotatable bonds is 5. The summed E-state index contributed by atoms with van der Waals surface area (Å²) >= 11 is 0. The number of methoxy groups -OCH3 is 1. The van der Waals surface area contributed by atoms with E-state index in [0.29, 0.717) is 0 Å². The van der Waals surface area contributed by atoms with Crippen LogP contribution in [0.25, 0.3) is 0 Å². The first kappa shape index (κ1) is 14.3. The van der Waals surface area contributed by atoms with Crippen molar-refractivity contribution < 1.29 is 27.8 Å². The number of hydrogen-bond donors (Lipinski definition) is 1. The fourth-order valence-electron chi connectivity index (χ4n) is 1.79. The van der Waals surface area contributed by atoms with Gasteiger partial charge in [-0.3, -0.25) is 4.79 Å². The van der Waals surface area contributed by atoms with Crippen LogP contribution in [0.5, 0.6) is 5.75 Å². The van der Waals surface area contributed by atoms with Gasteiger partial charge in [0.15, 0.2) is 0 Å². The van der Waals surface area contributed by atoms with Gasteiger partial charge in [-0.05, 0) is 11.6 Å². The third kappa shape index (κ3) is 4.27. The molecule has 0 saturated carbocycles. The van der Waals surface area contributed by atoms with Crippen LogP contribution in [0.15, 0.2) is 24.3 Å². The molecule has 100 valence electrons. The summed E-state index contributed by atoms with van der Waals surface area (Å²) in [6.07, 6.45) is -6.18. The van der Waals surface area contributed by atoms with E-state index in [1.807, 2.05) is 0 Å². The molecule has 1 N–H and O–H groups in total. The second kappa shape index (κ2) is 5.75. The number of carbonyl (C=O) groups is 1. The minimum absolute atomic E-state index is 0.264. The minimum Gasteiger partial charge on any atom is -0.496 e. The largest absolute Gasteiger partial charge is 0.496 e. The van der Waals surface area contributed by atoms with E-state index in [1.165, 1.54) is 19.2 Å². The van der Waals surface area contributed by atoms with E-state index >= 15 is 0 Å². The van der Waals surface area contributed by atoms with Gasteiger partial charge in [0.25, 0.3) is 0 Å². The predicted octanol–water partition coefficient (Wildman–Crippen LogP) is 3.21. The Morgan fingerprint density at radius 1 is 1.39 bits per heavy atom. The van der Waals surface area contributed by atoms with Crippen molar-refractivity contribution in [3.05, 3.63) is 29.8 Å². The Labute approximate surface area is 102 Å². The molecule has 3 nitrogen and oxygen atoms in total. The van der Waals surface area contributed by atoms with Crippen LogP contribution in [0.4, 0.5) is 13.2 Å². The van der Waals surface area contributed by atoms with Crippen molar-refractivity contribution >= 4 is 5.97 Å². The molecular formula is C12H13F3O3. The number of carboxylic acids is 1. The summed E-state index contributed by atoms with van der Waals surface area (Å²) in [5.74, 6) is -2.14. The van der Waals surface area contributed by atoms with Gasteiger partial charge < -0.3 is 9.84 Å². The van der Waals surface area contributed by atoms with Crippen molar-refractivity contribution in [2.24, 2.45) is 0 Å². The first-order chi connectivity index (χ1) is 8.33. The molecule has 1 unspecified atom stereocenters. The number of halogens is 3. The lowest BCUT2D eigenvalue weighted by molar-refractivity contribution is -0.145. The minimum atomic E-state index is -4.42. The summed E-state index contributed by atoms with van der Waals surface area (Å²) in [5.41, 5.74) is 0.264. The summed E-state index contributed by atoms with van der Waals surface area (Å²) in [4.78, 5) is 10.7. The number of hydrogen-bond acceptors (Lipinski definition) is 2. The van der Waals surface area contributed by atoms with Gasteiger partial charge in [0.2, 0.25) is 0 Å². The first-order valence-corrected chi connectivity index (χ1v) is 5.25. The zero-order chi connectivity index (χ0) is 13.8. The number of para-hydroxylation sites is 1. The first-order valence-electron chi connectivity index (χ1n) is 5.25. The van der Waals surface area contributed by atoms with Gasteiger partial charge in [-0.15, -0.1) is 0 Å². The normalized spacial score (nSPS) is 13.1. The lowest BCUT2D eigenvalue weighted by atomic mass is 9.91. The Bertz CT molecular complexity index is 415. The molecular weight excluding hydrogens is 249 g/mol. The van der Waals surface area contributed by atoms with Gasteiger partial charge >= 0.3 is 12.1 Å². The topological polar surface area (TPSA) is 46.5 Å². The molecule has 0 amide bonds. The van der Waals surface area contributed by atoms with E-state index < -0.39 is 30.9 Å². The van der Waals surface area contributed by atoms with Gasteiger partial charge in [0.1, 0.15) is 5.75 Å². The second-order valence-electron chi connectivity index (χ2n) is 3.86. The van der Waals surface area contributed by atoms with E-state index in [1.54, 1.807) is 12.1 Å². The van der Waals surface area contributed by atoms with Gasteiger partial charge in [-0.25, -0.2) is 0 Å². The molecule has 1 atom stereocenters. The maximum Gasteiger partial charge on any atom is 0.389 e. The third-order valence-corrected chi connectivity index (χ3v) is 2.48. The summed E-state index contributed by atoms with van der Waals surface area (Å²) in [7, 11) is 1.34. The van der Waals surface area contributed by atoms with Crippen LogP contribution in [0, 0.1) is 0 Å². The van der Waals surface area contributed by atoms with Crippen LogP contribution >= 0.6 is 0 Å². The molecule has 0 bridgehead atoms. The Morgan fingerprint density at radius 3 is 2.50 bits per heavy atom. The standard InChI is InChI=1S/C12H13F3O3/c1-18-10-5-3-2-4-9(10)8(6-11(16)17)7-12(13,14)15/h2-5,8H,6-7H2,1H3,(H,16,17). The molecule has 1 rings (SSSR count). The molecule has 6 heteroatoms. The highest BCUT2D eigenvalue weighted by molar-refractivity contribution is 5.68. The van der Waals surface area contributed by atoms with E-state index in [4.69, 9.17) is 9.84 Å². The van der Waals surface area contributed by atoms with E-state index in [2.05, 4.69) is 0 Å². The van der Waals surface area contributed by atoms with Crippen LogP contribution < -0.4 is 4.74 Å². The molecule has 0 aliphatic rings. The Balaban J connectivity index is 3.04. The highest BCUT2D eigenvalue weighted by Gasteiger charge is 2.34. The number of alkyl halides is 3. The van der Waals surface area contributed by atoms with Crippen molar-refractivity contribution in [1.82, 2.24) is 0 Å². The van der Waals surface area contributed by atoms with Gasteiger partial charge in [-0.2, -0.15) is 13.2 Å². The second-order valence-corrected chi connectivity index (χ2v) is 3.86. The summed E-state index contributed by atoms with van der Waals surface area (Å²) in [5, 5.41) is 8.70. The zero-order valence-corrected chi connectivity index (χ0v) is 9.70. The molecule has 0 heterocycles. The molecule has 0 aliphatic carbocycles. The zero-order valence-electron chi connectivity index (χ0n) is 9.70. The summed E-state index contributed by atoms with van der Waals surface area (Å²) < 4.78 is 42.3. The molecule has 1 aromatic rings. The third-order valence-electron chi connectivity index (χ3n) is 2.48. The van der Waals surface area contributed by atoms with Crippen LogP contribution in [0.3, 0.4) is 0 Å². The number of carboxylic acid groups (broad SMARTS) is 1. The monoisotopic (exact) mass is 262 g/mol. The molecule has 18 heavy (non-hydrogen) atoms. The summed E-state index contributed by atoms with van der Waals surface area (Å²) in [6.45, 7) is 0. The van der Waals surface area contributed by atoms with Crippen molar-refractivity contribution in [1.29, 1.82) is 0 Å². The van der Waals surface area contributed by atoms with Crippen LogP contribution in [0.2, 0.25) is 0 Å². The van der Waals surface area contributed by atoms with E-state index in [0.717, 1.165) is 0 Å². The molecule has 0 radical (unpaired) electrons. The highest BCUT2D eigenvalue weighted by atomic mass is 19.4. The van der Waals surface area contributed by atoms with Crippen molar-refractivity contribution in [2.75, 3.05) is 7.11 Å². The van der Waals surface area contributed by atoms with Crippen LogP contribution in [-0.2, 0) is 4.79 Å². The van der Waals surface area contributed by atoms with Crippen LogP contribution in [-0.4, -0.2) is 24.4 Å². The quantitative estimate of drug-likeness (QED) is 0.886. The van der Waals surface area contributed by atoms with Crippen molar-refractivity contribution in [3.63, 3.8) is 0 Å². The molecule has 0 fully saturated rings. The molecule has 0 spiro atoms. The molecule has 0 aromatic heterocycles. The lowest BCUT2D eigenvalue weighted by Gasteiger charge is -2.19. The molecule has 0 aliphatic heterocycles. The number of benzene rings is 1. The van der Waals surface area contributed by atoms with Crippen LogP contribution in [0.1, 0.15) is 24.3 Å². The summed E-state index contributed by atoms with van der Waals surface area (Å²) in [6, 6.07) is 6.15. The molecule has 0 saturated heterocycles. The Hall–Kier alpha value is -1.72. The maximum atomic E-state index is 12.4. The average molecular weight is 262 g/mol. The fourth-order valence-corrected chi connectivity index (χ4v) is 1.79. The highest BCUT2D eigenvalue weighted by Crippen LogP contribution is 2.37. The van der Waals surface area contributed by atoms with Crippen molar-refractivity contribution in [3.8, 4) is 5.75 Å². The predicted molar refractivity (Wildman–Crippen MR) is 58.7 cm³/mol. The number of aliphatic carboxylic acids is 1. The number of ether oxygens (including phenoxy) is 1. The average Bonchev–Trinajstić information content (AvgIpc) is 2.25. The SMILES string of the molecule is COc1ccccc1C(CC(=O)O)CC(F)(F)F. The van der Waals surface area contributed by atoms with E-state index in [9.17, 15) is 18.0 Å². The van der Waals surface area contributed by atoms with Gasteiger partial charge in [0, 0.05) is 5.92 Å². The Morgan fingerprint density at radius 2 is 2.00 bits per heavy atom. The maximum absolute atomic E-state index is 12.4. The fraction of sp³-hybridized carbons (Fsp3) is 0.417. The van der Waals surface area contributed by atoms with Gasteiger partial charge in [-0.1, -0.05) is 18.2 Å². The Kier molecular flexibility index (Phi) is 4.58. The molecule has 1 aromatic carbocycles.